The first kappa shape index (κ1) is 12.6. The minimum absolute atomic E-state index is 0.251. The minimum Gasteiger partial charge on any atom is -0.478 e. The van der Waals surface area contributed by atoms with Crippen molar-refractivity contribution in [3.63, 3.8) is 0 Å². The van der Waals surface area contributed by atoms with Crippen molar-refractivity contribution in [2.45, 2.75) is 6.42 Å². The molecule has 2 rings (SSSR count). The van der Waals surface area contributed by atoms with Crippen molar-refractivity contribution in [2.24, 2.45) is 0 Å². The molecule has 1 N–H and O–H groups in total. The Morgan fingerprint density at radius 3 is 3.06 bits per heavy atom. The standard InChI is InChI=1S/C13H16N2O3/c1-18-9-10-3-6-15(7-4-10)12-2-5-14-8-11(12)13(16)17/h2-3,5,8H,4,6-7,9H2,1H3,(H,16,17). The summed E-state index contributed by atoms with van der Waals surface area (Å²) in [7, 11) is 1.68. The molecule has 0 aliphatic carbocycles. The zero-order valence-corrected chi connectivity index (χ0v) is 10.3. The number of aromatic carboxylic acids is 1. The molecule has 0 aromatic carbocycles. The van der Waals surface area contributed by atoms with Gasteiger partial charge in [0.2, 0.25) is 0 Å². The molecular formula is C13H16N2O3. The highest BCUT2D eigenvalue weighted by Crippen LogP contribution is 2.23. The third kappa shape index (κ3) is 2.68. The van der Waals surface area contributed by atoms with Crippen molar-refractivity contribution in [3.8, 4) is 0 Å². The van der Waals surface area contributed by atoms with Gasteiger partial charge >= 0.3 is 5.97 Å². The van der Waals surface area contributed by atoms with Crippen LogP contribution in [-0.4, -0.2) is 42.9 Å². The summed E-state index contributed by atoms with van der Waals surface area (Å²) in [5.41, 5.74) is 2.24. The SMILES string of the molecule is COCC1=CCN(c2ccncc2C(=O)O)CC1. The van der Waals surface area contributed by atoms with Gasteiger partial charge in [0.25, 0.3) is 0 Å². The summed E-state index contributed by atoms with van der Waals surface area (Å²) in [4.78, 5) is 17.0. The van der Waals surface area contributed by atoms with Gasteiger partial charge in [-0.1, -0.05) is 6.08 Å². The van der Waals surface area contributed by atoms with Gasteiger partial charge in [-0.2, -0.15) is 0 Å². The van der Waals surface area contributed by atoms with Gasteiger partial charge in [0.05, 0.1) is 12.3 Å². The molecule has 0 saturated carbocycles. The molecule has 0 spiro atoms. The van der Waals surface area contributed by atoms with E-state index in [9.17, 15) is 4.79 Å². The lowest BCUT2D eigenvalue weighted by molar-refractivity contribution is 0.0697. The van der Waals surface area contributed by atoms with Crippen LogP contribution in [0.5, 0.6) is 0 Å². The lowest BCUT2D eigenvalue weighted by atomic mass is 10.1. The topological polar surface area (TPSA) is 62.7 Å². The quantitative estimate of drug-likeness (QED) is 0.819. The molecule has 0 atom stereocenters. The summed E-state index contributed by atoms with van der Waals surface area (Å²) < 4.78 is 5.09. The van der Waals surface area contributed by atoms with E-state index in [0.717, 1.165) is 18.7 Å². The molecule has 1 aliphatic heterocycles. The molecule has 0 unspecified atom stereocenters. The molecule has 18 heavy (non-hydrogen) atoms. The van der Waals surface area contributed by atoms with Crippen LogP contribution >= 0.6 is 0 Å². The van der Waals surface area contributed by atoms with Gasteiger partial charge in [-0.05, 0) is 18.1 Å². The van der Waals surface area contributed by atoms with E-state index < -0.39 is 5.97 Å². The molecule has 0 amide bonds. The molecule has 5 heteroatoms. The van der Waals surface area contributed by atoms with E-state index in [1.54, 1.807) is 19.4 Å². The highest BCUT2D eigenvalue weighted by atomic mass is 16.5. The first-order valence-electron chi connectivity index (χ1n) is 5.81. The molecule has 0 saturated heterocycles. The number of hydrogen-bond donors (Lipinski definition) is 1. The minimum atomic E-state index is -0.940. The Hall–Kier alpha value is -1.88. The maximum absolute atomic E-state index is 11.1. The predicted molar refractivity (Wildman–Crippen MR) is 68.0 cm³/mol. The summed E-state index contributed by atoms with van der Waals surface area (Å²) in [6, 6.07) is 1.75. The van der Waals surface area contributed by atoms with Crippen LogP contribution < -0.4 is 4.90 Å². The molecule has 1 aromatic heterocycles. The van der Waals surface area contributed by atoms with Gasteiger partial charge in [-0.25, -0.2) is 4.79 Å². The largest absolute Gasteiger partial charge is 0.478 e. The number of carbonyl (C=O) groups is 1. The van der Waals surface area contributed by atoms with E-state index in [4.69, 9.17) is 9.84 Å². The third-order valence-corrected chi connectivity index (χ3v) is 3.00. The van der Waals surface area contributed by atoms with Crippen LogP contribution in [-0.2, 0) is 4.74 Å². The fourth-order valence-electron chi connectivity index (χ4n) is 2.07. The van der Waals surface area contributed by atoms with E-state index in [1.807, 2.05) is 4.90 Å². The van der Waals surface area contributed by atoms with Crippen molar-refractivity contribution < 1.29 is 14.6 Å². The average molecular weight is 248 g/mol. The lowest BCUT2D eigenvalue weighted by Crippen LogP contribution is -2.30. The van der Waals surface area contributed by atoms with E-state index >= 15 is 0 Å². The van der Waals surface area contributed by atoms with Crippen LogP contribution in [0.3, 0.4) is 0 Å². The van der Waals surface area contributed by atoms with Gasteiger partial charge in [-0.15, -0.1) is 0 Å². The Kier molecular flexibility index (Phi) is 3.94. The number of ether oxygens (including phenoxy) is 1. The van der Waals surface area contributed by atoms with Crippen LogP contribution in [0.4, 0.5) is 5.69 Å². The van der Waals surface area contributed by atoms with Crippen molar-refractivity contribution >= 4 is 11.7 Å². The second-order valence-corrected chi connectivity index (χ2v) is 4.19. The Bertz CT molecular complexity index is 471. The number of carboxylic acid groups (broad SMARTS) is 1. The molecular weight excluding hydrogens is 232 g/mol. The number of carboxylic acids is 1. The highest BCUT2D eigenvalue weighted by molar-refractivity contribution is 5.94. The van der Waals surface area contributed by atoms with Gasteiger partial charge < -0.3 is 14.7 Å². The Balaban J connectivity index is 2.17. The zero-order chi connectivity index (χ0) is 13.0. The van der Waals surface area contributed by atoms with Crippen molar-refractivity contribution in [2.75, 3.05) is 31.7 Å². The predicted octanol–water partition coefficient (Wildman–Crippen LogP) is 1.56. The Labute approximate surface area is 106 Å². The van der Waals surface area contributed by atoms with Crippen LogP contribution in [0, 0.1) is 0 Å². The highest BCUT2D eigenvalue weighted by Gasteiger charge is 2.18. The van der Waals surface area contributed by atoms with Crippen LogP contribution in [0.2, 0.25) is 0 Å². The van der Waals surface area contributed by atoms with E-state index in [0.29, 0.717) is 13.2 Å². The second kappa shape index (κ2) is 5.64. The lowest BCUT2D eigenvalue weighted by Gasteiger charge is -2.29. The van der Waals surface area contributed by atoms with Crippen LogP contribution in [0.15, 0.2) is 30.1 Å². The maximum Gasteiger partial charge on any atom is 0.339 e. The number of nitrogens with zero attached hydrogens (tertiary/aromatic N) is 2. The van der Waals surface area contributed by atoms with E-state index in [2.05, 4.69) is 11.1 Å². The van der Waals surface area contributed by atoms with E-state index in [-0.39, 0.29) is 5.56 Å². The van der Waals surface area contributed by atoms with Gasteiger partial charge in [0.15, 0.2) is 0 Å². The molecule has 0 radical (unpaired) electrons. The van der Waals surface area contributed by atoms with Crippen molar-refractivity contribution in [3.05, 3.63) is 35.7 Å². The molecule has 0 fully saturated rings. The fourth-order valence-corrected chi connectivity index (χ4v) is 2.07. The number of pyridine rings is 1. The average Bonchev–Trinajstić information content (AvgIpc) is 2.40. The number of anilines is 1. The fraction of sp³-hybridized carbons (Fsp3) is 0.385. The Morgan fingerprint density at radius 1 is 1.61 bits per heavy atom. The van der Waals surface area contributed by atoms with E-state index in [1.165, 1.54) is 11.8 Å². The molecule has 1 aromatic rings. The molecule has 2 heterocycles. The molecule has 5 nitrogen and oxygen atoms in total. The summed E-state index contributed by atoms with van der Waals surface area (Å²) >= 11 is 0. The summed E-state index contributed by atoms with van der Waals surface area (Å²) in [5, 5.41) is 9.13. The molecule has 96 valence electrons. The monoisotopic (exact) mass is 248 g/mol. The van der Waals surface area contributed by atoms with Gasteiger partial charge in [0.1, 0.15) is 5.56 Å². The molecule has 1 aliphatic rings. The van der Waals surface area contributed by atoms with Gasteiger partial charge in [0, 0.05) is 32.6 Å². The third-order valence-electron chi connectivity index (χ3n) is 3.00. The smallest absolute Gasteiger partial charge is 0.339 e. The number of rotatable bonds is 4. The first-order valence-corrected chi connectivity index (χ1v) is 5.81. The van der Waals surface area contributed by atoms with Crippen molar-refractivity contribution in [1.82, 2.24) is 4.98 Å². The first-order chi connectivity index (χ1) is 8.72. The molecule has 0 bridgehead atoms. The number of hydrogen-bond acceptors (Lipinski definition) is 4. The van der Waals surface area contributed by atoms with Crippen molar-refractivity contribution in [1.29, 1.82) is 0 Å². The summed E-state index contributed by atoms with van der Waals surface area (Å²) in [6.07, 6.45) is 6.01. The van der Waals surface area contributed by atoms with Crippen LogP contribution in [0.1, 0.15) is 16.8 Å². The Morgan fingerprint density at radius 2 is 2.44 bits per heavy atom. The number of methoxy groups -OCH3 is 1. The van der Waals surface area contributed by atoms with Crippen LogP contribution in [0.25, 0.3) is 0 Å². The summed E-state index contributed by atoms with van der Waals surface area (Å²) in [6.45, 7) is 2.17. The summed E-state index contributed by atoms with van der Waals surface area (Å²) in [5.74, 6) is -0.940. The maximum atomic E-state index is 11.1. The normalized spacial score (nSPS) is 15.4. The second-order valence-electron chi connectivity index (χ2n) is 4.19. The zero-order valence-electron chi connectivity index (χ0n) is 10.3. The number of aromatic nitrogens is 1. The van der Waals surface area contributed by atoms with Gasteiger partial charge in [-0.3, -0.25) is 4.98 Å².